The Labute approximate surface area is 232 Å². The van der Waals surface area contributed by atoms with Crippen LogP contribution >= 0.6 is 0 Å². The average Bonchev–Trinajstić information content (AvgIpc) is 2.96. The minimum atomic E-state index is -4.01. The first kappa shape index (κ1) is 28.4. The Kier molecular flexibility index (Phi) is 8.87. The second kappa shape index (κ2) is 12.5. The number of carbonyl (C=O) groups is 2. The predicted octanol–water partition coefficient (Wildman–Crippen LogP) is 4.22. The molecule has 0 bridgehead atoms. The summed E-state index contributed by atoms with van der Waals surface area (Å²) in [4.78, 5) is 29.8. The number of pyridine rings is 1. The summed E-state index contributed by atoms with van der Waals surface area (Å²) in [5.41, 5.74) is 2.22. The first-order valence-corrected chi connectivity index (χ1v) is 13.7. The topological polar surface area (TPSA) is 112 Å². The maximum atomic E-state index is 14.5. The highest BCUT2D eigenvalue weighted by atomic mass is 32.2. The average molecular weight is 562 g/mol. The summed E-state index contributed by atoms with van der Waals surface area (Å²) in [7, 11) is -1.27. The molecule has 3 aromatic carbocycles. The molecule has 0 saturated heterocycles. The highest BCUT2D eigenvalue weighted by Gasteiger charge is 2.27. The van der Waals surface area contributed by atoms with Crippen molar-refractivity contribution in [1.82, 2.24) is 14.6 Å². The molecule has 40 heavy (non-hydrogen) atoms. The molecule has 0 aliphatic rings. The fraction of sp³-hybridized carbons (Fsp3) is 0.138. The van der Waals surface area contributed by atoms with Gasteiger partial charge in [-0.25, -0.2) is 4.39 Å². The van der Waals surface area contributed by atoms with Crippen molar-refractivity contribution in [2.45, 2.75) is 13.1 Å². The van der Waals surface area contributed by atoms with E-state index in [1.807, 2.05) is 6.07 Å². The molecule has 0 atom stereocenters. The Morgan fingerprint density at radius 3 is 2.23 bits per heavy atom. The van der Waals surface area contributed by atoms with Crippen LogP contribution < -0.4 is 14.9 Å². The number of hydrogen-bond acceptors (Lipinski definition) is 5. The summed E-state index contributed by atoms with van der Waals surface area (Å²) >= 11 is 0. The molecule has 0 aliphatic carbocycles. The van der Waals surface area contributed by atoms with Gasteiger partial charge >= 0.3 is 10.2 Å². The minimum absolute atomic E-state index is 0.0866. The number of carbonyl (C=O) groups excluding carboxylic acids is 2. The third kappa shape index (κ3) is 6.68. The third-order valence-electron chi connectivity index (χ3n) is 6.00. The highest BCUT2D eigenvalue weighted by molar-refractivity contribution is 7.90. The molecule has 11 heteroatoms. The van der Waals surface area contributed by atoms with Crippen LogP contribution in [0.1, 0.15) is 31.8 Å². The summed E-state index contributed by atoms with van der Waals surface area (Å²) in [5.74, 6) is -1.48. The van der Waals surface area contributed by atoms with Crippen molar-refractivity contribution >= 4 is 33.4 Å². The number of nitrogens with one attached hydrogen (secondary N) is 2. The van der Waals surface area contributed by atoms with E-state index in [-0.39, 0.29) is 24.7 Å². The van der Waals surface area contributed by atoms with Crippen molar-refractivity contribution in [1.29, 1.82) is 0 Å². The van der Waals surface area contributed by atoms with Gasteiger partial charge in [0.05, 0.1) is 23.5 Å². The van der Waals surface area contributed by atoms with E-state index in [0.717, 1.165) is 14.2 Å². The van der Waals surface area contributed by atoms with Crippen molar-refractivity contribution in [3.63, 3.8) is 0 Å². The number of para-hydroxylation sites is 2. The zero-order chi connectivity index (χ0) is 28.7. The van der Waals surface area contributed by atoms with Gasteiger partial charge in [-0.05, 0) is 53.6 Å². The SMILES string of the molecule is CN(C)S(=O)(=O)N(Cc1ccc(C(=O)Nc2ccccc2C(=O)NCc2cccnc2)cc1)c1ccccc1F. The van der Waals surface area contributed by atoms with Gasteiger partial charge in [-0.3, -0.25) is 18.9 Å². The largest absolute Gasteiger partial charge is 0.348 e. The van der Waals surface area contributed by atoms with Gasteiger partial charge in [0.25, 0.3) is 11.8 Å². The molecule has 0 saturated carbocycles. The van der Waals surface area contributed by atoms with E-state index in [9.17, 15) is 22.4 Å². The van der Waals surface area contributed by atoms with E-state index < -0.39 is 21.9 Å². The van der Waals surface area contributed by atoms with Gasteiger partial charge in [0.2, 0.25) is 0 Å². The molecule has 1 heterocycles. The van der Waals surface area contributed by atoms with Crippen LogP contribution in [0.15, 0.2) is 97.3 Å². The lowest BCUT2D eigenvalue weighted by molar-refractivity contribution is 0.0951. The zero-order valence-corrected chi connectivity index (χ0v) is 22.7. The number of benzene rings is 3. The summed E-state index contributed by atoms with van der Waals surface area (Å²) in [6.45, 7) is 0.132. The Morgan fingerprint density at radius 1 is 0.850 bits per heavy atom. The number of halogens is 1. The standard InChI is InChI=1S/C29H28FN5O4S/c1-34(2)40(38,39)35(27-12-6-4-10-25(27)30)20-21-13-15-23(16-14-21)28(36)33-26-11-5-3-9-24(26)29(37)32-19-22-8-7-17-31-18-22/h3-18H,19-20H2,1-2H3,(H,32,37)(H,33,36). The van der Waals surface area contributed by atoms with E-state index in [1.165, 1.54) is 44.4 Å². The predicted molar refractivity (Wildman–Crippen MR) is 151 cm³/mol. The van der Waals surface area contributed by atoms with Gasteiger partial charge in [-0.1, -0.05) is 42.5 Å². The lowest BCUT2D eigenvalue weighted by Crippen LogP contribution is -2.40. The second-order valence-corrected chi connectivity index (χ2v) is 11.1. The number of anilines is 2. The number of hydrogen-bond donors (Lipinski definition) is 2. The summed E-state index contributed by atoms with van der Waals surface area (Å²) in [6.07, 6.45) is 3.30. The lowest BCUT2D eigenvalue weighted by Gasteiger charge is -2.27. The van der Waals surface area contributed by atoms with E-state index in [0.29, 0.717) is 22.4 Å². The minimum Gasteiger partial charge on any atom is -0.348 e. The fourth-order valence-electron chi connectivity index (χ4n) is 3.83. The first-order valence-electron chi connectivity index (χ1n) is 12.3. The summed E-state index contributed by atoms with van der Waals surface area (Å²) in [5, 5.41) is 5.58. The monoisotopic (exact) mass is 561 g/mol. The molecule has 206 valence electrons. The smallest absolute Gasteiger partial charge is 0.303 e. The van der Waals surface area contributed by atoms with Crippen molar-refractivity contribution in [2.24, 2.45) is 0 Å². The van der Waals surface area contributed by atoms with E-state index in [1.54, 1.807) is 60.9 Å². The molecule has 0 fully saturated rings. The molecule has 0 unspecified atom stereocenters. The molecule has 4 aromatic rings. The number of aromatic nitrogens is 1. The Bertz CT molecular complexity index is 1600. The quantitative estimate of drug-likeness (QED) is 0.301. The van der Waals surface area contributed by atoms with Crippen LogP contribution in [-0.4, -0.2) is 43.6 Å². The van der Waals surface area contributed by atoms with E-state index in [2.05, 4.69) is 15.6 Å². The normalized spacial score (nSPS) is 11.2. The Hall–Kier alpha value is -4.61. The van der Waals surface area contributed by atoms with Gasteiger partial charge in [-0.15, -0.1) is 0 Å². The van der Waals surface area contributed by atoms with Gasteiger partial charge in [0, 0.05) is 38.6 Å². The van der Waals surface area contributed by atoms with Gasteiger partial charge < -0.3 is 10.6 Å². The molecule has 2 N–H and O–H groups in total. The molecule has 1 aromatic heterocycles. The Morgan fingerprint density at radius 2 is 1.55 bits per heavy atom. The van der Waals surface area contributed by atoms with Crippen molar-refractivity contribution < 1.29 is 22.4 Å². The number of amides is 2. The Balaban J connectivity index is 1.48. The van der Waals surface area contributed by atoms with Gasteiger partial charge in [0.15, 0.2) is 0 Å². The van der Waals surface area contributed by atoms with Gasteiger partial charge in [-0.2, -0.15) is 12.7 Å². The van der Waals surface area contributed by atoms with Crippen LogP contribution in [0.4, 0.5) is 15.8 Å². The second-order valence-electron chi connectivity index (χ2n) is 8.99. The van der Waals surface area contributed by atoms with Gasteiger partial charge in [0.1, 0.15) is 5.82 Å². The van der Waals surface area contributed by atoms with Crippen LogP contribution in [-0.2, 0) is 23.3 Å². The summed E-state index contributed by atoms with van der Waals surface area (Å²) in [6, 6.07) is 22.2. The van der Waals surface area contributed by atoms with Crippen LogP contribution in [0.2, 0.25) is 0 Å². The molecule has 0 aliphatic heterocycles. The first-order chi connectivity index (χ1) is 19.2. The maximum absolute atomic E-state index is 14.5. The van der Waals surface area contributed by atoms with Crippen molar-refractivity contribution in [2.75, 3.05) is 23.7 Å². The molecular weight excluding hydrogens is 533 g/mol. The molecule has 4 rings (SSSR count). The van der Waals surface area contributed by atoms with E-state index in [4.69, 9.17) is 0 Å². The van der Waals surface area contributed by atoms with Crippen LogP contribution in [0.5, 0.6) is 0 Å². The lowest BCUT2D eigenvalue weighted by atomic mass is 10.1. The molecule has 9 nitrogen and oxygen atoms in total. The maximum Gasteiger partial charge on any atom is 0.303 e. The zero-order valence-electron chi connectivity index (χ0n) is 21.9. The number of nitrogens with zero attached hydrogens (tertiary/aromatic N) is 3. The van der Waals surface area contributed by atoms with E-state index >= 15 is 0 Å². The molecule has 0 radical (unpaired) electrons. The summed E-state index contributed by atoms with van der Waals surface area (Å²) < 4.78 is 42.4. The van der Waals surface area contributed by atoms with Crippen LogP contribution in [0.25, 0.3) is 0 Å². The number of rotatable bonds is 10. The van der Waals surface area contributed by atoms with Crippen molar-refractivity contribution in [3.05, 3.63) is 125 Å². The third-order valence-corrected chi connectivity index (χ3v) is 7.80. The molecule has 2 amide bonds. The highest BCUT2D eigenvalue weighted by Crippen LogP contribution is 2.25. The molecule has 0 spiro atoms. The fourth-order valence-corrected chi connectivity index (χ4v) is 4.94. The van der Waals surface area contributed by atoms with Crippen LogP contribution in [0, 0.1) is 5.82 Å². The van der Waals surface area contributed by atoms with Crippen molar-refractivity contribution in [3.8, 4) is 0 Å². The molecular formula is C29H28FN5O4S. The van der Waals surface area contributed by atoms with Crippen LogP contribution in [0.3, 0.4) is 0 Å².